The summed E-state index contributed by atoms with van der Waals surface area (Å²) in [4.78, 5) is 11.5. The van der Waals surface area contributed by atoms with E-state index in [0.717, 1.165) is 42.6 Å². The molecule has 2 aromatic rings. The molecule has 0 spiro atoms. The van der Waals surface area contributed by atoms with Crippen molar-refractivity contribution in [2.24, 2.45) is 11.7 Å². The van der Waals surface area contributed by atoms with Crippen molar-refractivity contribution in [3.05, 3.63) is 35.5 Å². The predicted octanol–water partition coefficient (Wildman–Crippen LogP) is 1.99. The summed E-state index contributed by atoms with van der Waals surface area (Å²) in [5, 5.41) is 3.14. The molecule has 0 saturated carbocycles. The molecule has 3 heterocycles. The summed E-state index contributed by atoms with van der Waals surface area (Å²) in [5.41, 5.74) is 7.82. The van der Waals surface area contributed by atoms with Gasteiger partial charge in [-0.1, -0.05) is 6.07 Å². The van der Waals surface area contributed by atoms with Gasteiger partial charge < -0.3 is 5.73 Å². The van der Waals surface area contributed by atoms with E-state index in [4.69, 9.17) is 5.73 Å². The number of hydrogen-bond donors (Lipinski definition) is 1. The fourth-order valence-electron chi connectivity index (χ4n) is 2.46. The largest absolute Gasteiger partial charge is 0.330 e. The normalized spacial score (nSPS) is 19.9. The third-order valence-corrected chi connectivity index (χ3v) is 4.44. The molecule has 3 rings (SSSR count). The van der Waals surface area contributed by atoms with Gasteiger partial charge >= 0.3 is 0 Å². The van der Waals surface area contributed by atoms with Crippen LogP contribution in [0, 0.1) is 5.92 Å². The molecule has 1 atom stereocenters. The Morgan fingerprint density at radius 2 is 2.37 bits per heavy atom. The first-order chi connectivity index (χ1) is 9.35. The Labute approximate surface area is 117 Å². The lowest BCUT2D eigenvalue weighted by Gasteiger charge is -2.13. The van der Waals surface area contributed by atoms with Crippen LogP contribution in [-0.4, -0.2) is 34.5 Å². The fraction of sp³-hybridized carbons (Fsp3) is 0.429. The molecule has 1 aliphatic rings. The quantitative estimate of drug-likeness (QED) is 0.926. The zero-order valence-electron chi connectivity index (χ0n) is 10.8. The maximum absolute atomic E-state index is 5.72. The highest BCUT2D eigenvalue weighted by atomic mass is 32.1. The third-order valence-electron chi connectivity index (χ3n) is 3.52. The summed E-state index contributed by atoms with van der Waals surface area (Å²) in [6.45, 7) is 3.97. The molecule has 0 radical (unpaired) electrons. The summed E-state index contributed by atoms with van der Waals surface area (Å²) in [7, 11) is 0. The average molecular weight is 274 g/mol. The first-order valence-corrected chi connectivity index (χ1v) is 7.51. The van der Waals surface area contributed by atoms with Crippen LogP contribution in [0.4, 0.5) is 0 Å². The van der Waals surface area contributed by atoms with Crippen LogP contribution in [0.2, 0.25) is 0 Å². The van der Waals surface area contributed by atoms with Gasteiger partial charge in [-0.3, -0.25) is 9.88 Å². The monoisotopic (exact) mass is 274 g/mol. The Morgan fingerprint density at radius 3 is 3.11 bits per heavy atom. The van der Waals surface area contributed by atoms with Crippen molar-refractivity contribution in [2.75, 3.05) is 19.6 Å². The minimum atomic E-state index is 0.661. The lowest BCUT2D eigenvalue weighted by Crippen LogP contribution is -2.22. The molecule has 1 fully saturated rings. The maximum atomic E-state index is 5.72. The summed E-state index contributed by atoms with van der Waals surface area (Å²) in [5.74, 6) is 0.661. The molecule has 0 aliphatic carbocycles. The lowest BCUT2D eigenvalue weighted by molar-refractivity contribution is 0.315. The van der Waals surface area contributed by atoms with E-state index in [0.29, 0.717) is 5.92 Å². The smallest absolute Gasteiger partial charge is 0.142 e. The van der Waals surface area contributed by atoms with Gasteiger partial charge in [-0.15, -0.1) is 11.3 Å². The van der Waals surface area contributed by atoms with E-state index < -0.39 is 0 Å². The molecule has 100 valence electrons. The number of aromatic nitrogens is 2. The average Bonchev–Trinajstić information content (AvgIpc) is 3.09. The SMILES string of the molecule is NCC1CCN(Cc2csc(-c3ccccn3)n2)C1. The van der Waals surface area contributed by atoms with Gasteiger partial charge in [-0.05, 0) is 37.6 Å². The van der Waals surface area contributed by atoms with Gasteiger partial charge in [0, 0.05) is 24.7 Å². The number of nitrogens with zero attached hydrogens (tertiary/aromatic N) is 3. The van der Waals surface area contributed by atoms with Crippen molar-refractivity contribution in [1.29, 1.82) is 0 Å². The number of rotatable bonds is 4. The van der Waals surface area contributed by atoms with Crippen LogP contribution >= 0.6 is 11.3 Å². The molecule has 4 nitrogen and oxygen atoms in total. The molecule has 2 N–H and O–H groups in total. The minimum absolute atomic E-state index is 0.661. The first kappa shape index (κ1) is 12.7. The van der Waals surface area contributed by atoms with Gasteiger partial charge in [-0.25, -0.2) is 4.98 Å². The van der Waals surface area contributed by atoms with E-state index in [2.05, 4.69) is 20.2 Å². The standard InChI is InChI=1S/C14H18N4S/c15-7-11-4-6-18(8-11)9-12-10-19-14(17-12)13-3-1-2-5-16-13/h1-3,5,10-11H,4,6-9,15H2. The highest BCUT2D eigenvalue weighted by Crippen LogP contribution is 2.23. The summed E-state index contributed by atoms with van der Waals surface area (Å²) >= 11 is 1.67. The van der Waals surface area contributed by atoms with E-state index in [1.165, 1.54) is 6.42 Å². The van der Waals surface area contributed by atoms with Crippen LogP contribution < -0.4 is 5.73 Å². The number of thiazole rings is 1. The highest BCUT2D eigenvalue weighted by molar-refractivity contribution is 7.13. The van der Waals surface area contributed by atoms with Gasteiger partial charge in [-0.2, -0.15) is 0 Å². The molecule has 1 unspecified atom stereocenters. The second kappa shape index (κ2) is 5.77. The highest BCUT2D eigenvalue weighted by Gasteiger charge is 2.21. The number of likely N-dealkylation sites (tertiary alicyclic amines) is 1. The zero-order chi connectivity index (χ0) is 13.1. The molecule has 2 aromatic heterocycles. The minimum Gasteiger partial charge on any atom is -0.330 e. The van der Waals surface area contributed by atoms with Crippen LogP contribution in [0.1, 0.15) is 12.1 Å². The molecule has 1 aliphatic heterocycles. The van der Waals surface area contributed by atoms with Gasteiger partial charge in [0.1, 0.15) is 5.01 Å². The second-order valence-electron chi connectivity index (χ2n) is 4.98. The van der Waals surface area contributed by atoms with Crippen molar-refractivity contribution < 1.29 is 0 Å². The topological polar surface area (TPSA) is 55.0 Å². The molecule has 0 amide bonds. The van der Waals surface area contributed by atoms with Gasteiger partial charge in [0.2, 0.25) is 0 Å². The van der Waals surface area contributed by atoms with E-state index in [1.807, 2.05) is 24.4 Å². The molecular formula is C14H18N4S. The van der Waals surface area contributed by atoms with Crippen LogP contribution in [0.3, 0.4) is 0 Å². The van der Waals surface area contributed by atoms with E-state index in [-0.39, 0.29) is 0 Å². The Morgan fingerprint density at radius 1 is 1.42 bits per heavy atom. The summed E-state index contributed by atoms with van der Waals surface area (Å²) in [6, 6.07) is 5.92. The van der Waals surface area contributed by atoms with Crippen molar-refractivity contribution in [3.8, 4) is 10.7 Å². The van der Waals surface area contributed by atoms with Crippen molar-refractivity contribution in [1.82, 2.24) is 14.9 Å². The Kier molecular flexibility index (Phi) is 3.87. The Bertz CT molecular complexity index is 525. The molecule has 19 heavy (non-hydrogen) atoms. The lowest BCUT2D eigenvalue weighted by atomic mass is 10.1. The van der Waals surface area contributed by atoms with Crippen LogP contribution in [0.25, 0.3) is 10.7 Å². The zero-order valence-corrected chi connectivity index (χ0v) is 11.6. The fourth-order valence-corrected chi connectivity index (χ4v) is 3.25. The van der Waals surface area contributed by atoms with Crippen molar-refractivity contribution in [3.63, 3.8) is 0 Å². The summed E-state index contributed by atoms with van der Waals surface area (Å²) < 4.78 is 0. The van der Waals surface area contributed by atoms with Gasteiger partial charge in [0.25, 0.3) is 0 Å². The van der Waals surface area contributed by atoms with Crippen molar-refractivity contribution in [2.45, 2.75) is 13.0 Å². The number of hydrogen-bond acceptors (Lipinski definition) is 5. The maximum Gasteiger partial charge on any atom is 0.142 e. The predicted molar refractivity (Wildman–Crippen MR) is 77.8 cm³/mol. The van der Waals surface area contributed by atoms with Crippen LogP contribution in [0.15, 0.2) is 29.8 Å². The van der Waals surface area contributed by atoms with Gasteiger partial charge in [0.15, 0.2) is 0 Å². The number of pyridine rings is 1. The third kappa shape index (κ3) is 3.00. The van der Waals surface area contributed by atoms with E-state index >= 15 is 0 Å². The molecular weight excluding hydrogens is 256 g/mol. The van der Waals surface area contributed by atoms with Gasteiger partial charge in [0.05, 0.1) is 11.4 Å². The molecule has 0 aromatic carbocycles. The summed E-state index contributed by atoms with van der Waals surface area (Å²) in [6.07, 6.45) is 3.02. The van der Waals surface area contributed by atoms with Crippen LogP contribution in [-0.2, 0) is 6.54 Å². The Hall–Kier alpha value is -1.30. The molecule has 5 heteroatoms. The first-order valence-electron chi connectivity index (χ1n) is 6.63. The second-order valence-corrected chi connectivity index (χ2v) is 5.84. The Balaban J connectivity index is 1.66. The molecule has 0 bridgehead atoms. The van der Waals surface area contributed by atoms with Crippen LogP contribution in [0.5, 0.6) is 0 Å². The molecule has 1 saturated heterocycles. The number of nitrogens with two attached hydrogens (primary N) is 1. The van der Waals surface area contributed by atoms with E-state index in [9.17, 15) is 0 Å². The van der Waals surface area contributed by atoms with Crippen molar-refractivity contribution >= 4 is 11.3 Å². The van der Waals surface area contributed by atoms with E-state index in [1.54, 1.807) is 11.3 Å².